The zero-order valence-electron chi connectivity index (χ0n) is 20.8. The Labute approximate surface area is 213 Å². The van der Waals surface area contributed by atoms with E-state index in [1.807, 2.05) is 0 Å². The number of nitrogens with zero attached hydrogens (tertiary/aromatic N) is 1. The summed E-state index contributed by atoms with van der Waals surface area (Å²) >= 11 is 0. The summed E-state index contributed by atoms with van der Waals surface area (Å²) in [5, 5.41) is 13.9. The molecular formula is C28H26N2O7. The van der Waals surface area contributed by atoms with Crippen molar-refractivity contribution in [3.8, 4) is 17.2 Å². The van der Waals surface area contributed by atoms with E-state index in [0.29, 0.717) is 39.8 Å². The molecule has 1 saturated heterocycles. The molecule has 0 saturated carbocycles. The molecule has 0 aromatic heterocycles. The van der Waals surface area contributed by atoms with Gasteiger partial charge in [0.15, 0.2) is 11.5 Å². The number of ether oxygens (including phenoxy) is 3. The molecule has 0 spiro atoms. The van der Waals surface area contributed by atoms with Gasteiger partial charge in [0.1, 0.15) is 11.5 Å². The van der Waals surface area contributed by atoms with Crippen molar-refractivity contribution in [1.29, 1.82) is 0 Å². The third-order valence-corrected chi connectivity index (χ3v) is 6.00. The third kappa shape index (κ3) is 4.84. The fraction of sp³-hybridized carbons (Fsp3) is 0.179. The van der Waals surface area contributed by atoms with Gasteiger partial charge in [-0.3, -0.25) is 19.3 Å². The van der Waals surface area contributed by atoms with Crippen LogP contribution in [0.1, 0.15) is 24.1 Å². The van der Waals surface area contributed by atoms with Crippen molar-refractivity contribution in [1.82, 2.24) is 0 Å². The van der Waals surface area contributed by atoms with E-state index in [4.69, 9.17) is 14.2 Å². The van der Waals surface area contributed by atoms with Gasteiger partial charge in [0.05, 0.1) is 32.9 Å². The van der Waals surface area contributed by atoms with Gasteiger partial charge in [0.25, 0.3) is 11.7 Å². The fourth-order valence-electron chi connectivity index (χ4n) is 4.25. The number of nitrogens with one attached hydrogen (secondary N) is 1. The Hall–Kier alpha value is -4.79. The number of carbonyl (C=O) groups excluding carboxylic acids is 3. The quantitative estimate of drug-likeness (QED) is 0.281. The Morgan fingerprint density at radius 2 is 1.51 bits per heavy atom. The predicted octanol–water partition coefficient (Wildman–Crippen LogP) is 4.30. The van der Waals surface area contributed by atoms with E-state index >= 15 is 0 Å². The number of hydrogen-bond acceptors (Lipinski definition) is 7. The molecule has 0 bridgehead atoms. The molecule has 1 unspecified atom stereocenters. The summed E-state index contributed by atoms with van der Waals surface area (Å²) in [5.41, 5.74) is 1.75. The number of rotatable bonds is 7. The first-order valence-electron chi connectivity index (χ1n) is 11.3. The number of aliphatic hydroxyl groups excluding tert-OH is 1. The van der Waals surface area contributed by atoms with Crippen molar-refractivity contribution in [2.45, 2.75) is 13.0 Å². The van der Waals surface area contributed by atoms with Crippen molar-refractivity contribution in [3.05, 3.63) is 83.4 Å². The molecule has 1 aliphatic rings. The molecular weight excluding hydrogens is 476 g/mol. The first-order chi connectivity index (χ1) is 17.8. The minimum absolute atomic E-state index is 0.0756. The van der Waals surface area contributed by atoms with Crippen molar-refractivity contribution in [2.24, 2.45) is 0 Å². The minimum Gasteiger partial charge on any atom is -0.507 e. The van der Waals surface area contributed by atoms with Gasteiger partial charge in [-0.15, -0.1) is 0 Å². The lowest BCUT2D eigenvalue weighted by molar-refractivity contribution is -0.132. The monoisotopic (exact) mass is 502 g/mol. The van der Waals surface area contributed by atoms with Crippen LogP contribution in [-0.2, 0) is 14.4 Å². The van der Waals surface area contributed by atoms with Gasteiger partial charge in [-0.1, -0.05) is 6.07 Å². The third-order valence-electron chi connectivity index (χ3n) is 6.00. The summed E-state index contributed by atoms with van der Waals surface area (Å²) < 4.78 is 16.0. The second-order valence-electron chi connectivity index (χ2n) is 8.24. The second kappa shape index (κ2) is 10.4. The van der Waals surface area contributed by atoms with Crippen molar-refractivity contribution >= 4 is 34.7 Å². The number of aliphatic hydroxyl groups is 1. The summed E-state index contributed by atoms with van der Waals surface area (Å²) in [6, 6.07) is 17.1. The van der Waals surface area contributed by atoms with Crippen LogP contribution in [0.25, 0.3) is 5.76 Å². The van der Waals surface area contributed by atoms with E-state index in [1.165, 1.54) is 33.2 Å². The molecule has 0 aliphatic carbocycles. The Kier molecular flexibility index (Phi) is 7.15. The van der Waals surface area contributed by atoms with E-state index < -0.39 is 17.7 Å². The van der Waals surface area contributed by atoms with E-state index in [-0.39, 0.29) is 17.2 Å². The topological polar surface area (TPSA) is 114 Å². The average molecular weight is 503 g/mol. The molecule has 1 aliphatic heterocycles. The van der Waals surface area contributed by atoms with Crippen LogP contribution in [0.3, 0.4) is 0 Å². The van der Waals surface area contributed by atoms with Crippen LogP contribution in [0.15, 0.2) is 72.3 Å². The lowest BCUT2D eigenvalue weighted by Gasteiger charge is -2.26. The molecule has 190 valence electrons. The Balaban J connectivity index is 1.90. The molecule has 2 N–H and O–H groups in total. The van der Waals surface area contributed by atoms with Crippen LogP contribution in [0.2, 0.25) is 0 Å². The van der Waals surface area contributed by atoms with Crippen LogP contribution in [0.5, 0.6) is 17.2 Å². The van der Waals surface area contributed by atoms with Crippen LogP contribution in [0.4, 0.5) is 11.4 Å². The highest BCUT2D eigenvalue weighted by Gasteiger charge is 2.47. The Bertz CT molecular complexity index is 1380. The maximum absolute atomic E-state index is 13.4. The highest BCUT2D eigenvalue weighted by Crippen LogP contribution is 2.44. The number of methoxy groups -OCH3 is 3. The van der Waals surface area contributed by atoms with Gasteiger partial charge in [-0.05, 0) is 66.2 Å². The van der Waals surface area contributed by atoms with Crippen LogP contribution >= 0.6 is 0 Å². The highest BCUT2D eigenvalue weighted by molar-refractivity contribution is 6.51. The first-order valence-corrected chi connectivity index (χ1v) is 11.3. The lowest BCUT2D eigenvalue weighted by Crippen LogP contribution is -2.29. The first kappa shape index (κ1) is 25.3. The molecule has 1 heterocycles. The van der Waals surface area contributed by atoms with Gasteiger partial charge < -0.3 is 24.6 Å². The molecule has 1 fully saturated rings. The molecule has 3 aromatic rings. The Morgan fingerprint density at radius 3 is 2.08 bits per heavy atom. The molecule has 9 heteroatoms. The number of hydrogen-bond donors (Lipinski definition) is 2. The normalized spacial score (nSPS) is 16.4. The second-order valence-corrected chi connectivity index (χ2v) is 8.24. The van der Waals surface area contributed by atoms with E-state index in [1.54, 1.807) is 66.7 Å². The molecule has 3 aromatic carbocycles. The molecule has 9 nitrogen and oxygen atoms in total. The van der Waals surface area contributed by atoms with Crippen LogP contribution < -0.4 is 24.4 Å². The van der Waals surface area contributed by atoms with Gasteiger partial charge >= 0.3 is 0 Å². The van der Waals surface area contributed by atoms with E-state index in [0.717, 1.165) is 0 Å². The molecule has 0 radical (unpaired) electrons. The number of Topliss-reactive ketones (excluding diaryl/α,β-unsaturated/α-hetero) is 1. The van der Waals surface area contributed by atoms with Crippen molar-refractivity contribution < 1.29 is 33.7 Å². The van der Waals surface area contributed by atoms with Gasteiger partial charge in [-0.25, -0.2) is 0 Å². The zero-order valence-corrected chi connectivity index (χ0v) is 20.8. The lowest BCUT2D eigenvalue weighted by atomic mass is 9.94. The largest absolute Gasteiger partial charge is 0.507 e. The standard InChI is InChI=1S/C28H26N2O7/c1-16(31)29-19-8-10-20(11-9-19)30-25(18-7-14-22(36-3)23(15-18)37-4)24(27(33)28(30)34)26(32)17-5-12-21(35-2)13-6-17/h5-15,25,32H,1-4H3,(H,29,31)/b26-24+. The molecule has 2 amide bonds. The van der Waals surface area contributed by atoms with Crippen LogP contribution in [-0.4, -0.2) is 44.0 Å². The highest BCUT2D eigenvalue weighted by atomic mass is 16.5. The summed E-state index contributed by atoms with van der Waals surface area (Å²) in [6.07, 6.45) is 0. The number of ketones is 1. The summed E-state index contributed by atoms with van der Waals surface area (Å²) in [7, 11) is 4.51. The predicted molar refractivity (Wildman–Crippen MR) is 138 cm³/mol. The summed E-state index contributed by atoms with van der Waals surface area (Å²) in [5.74, 6) is -0.751. The van der Waals surface area contributed by atoms with Gasteiger partial charge in [0.2, 0.25) is 5.91 Å². The number of benzene rings is 3. The van der Waals surface area contributed by atoms with Crippen molar-refractivity contribution in [3.63, 3.8) is 0 Å². The van der Waals surface area contributed by atoms with E-state index in [9.17, 15) is 19.5 Å². The smallest absolute Gasteiger partial charge is 0.300 e. The minimum atomic E-state index is -0.964. The number of carbonyl (C=O) groups is 3. The van der Waals surface area contributed by atoms with E-state index in [2.05, 4.69) is 5.32 Å². The Morgan fingerprint density at radius 1 is 0.865 bits per heavy atom. The fourth-order valence-corrected chi connectivity index (χ4v) is 4.25. The summed E-state index contributed by atoms with van der Waals surface area (Å²) in [4.78, 5) is 39.4. The van der Waals surface area contributed by atoms with Gasteiger partial charge in [0, 0.05) is 23.9 Å². The summed E-state index contributed by atoms with van der Waals surface area (Å²) in [6.45, 7) is 1.39. The molecule has 37 heavy (non-hydrogen) atoms. The number of anilines is 2. The van der Waals surface area contributed by atoms with Crippen LogP contribution in [0, 0.1) is 0 Å². The molecule has 4 rings (SSSR count). The zero-order chi connectivity index (χ0) is 26.7. The number of amides is 2. The average Bonchev–Trinajstić information content (AvgIpc) is 3.18. The maximum atomic E-state index is 13.4. The van der Waals surface area contributed by atoms with Gasteiger partial charge in [-0.2, -0.15) is 0 Å². The molecule has 1 atom stereocenters. The SMILES string of the molecule is COc1ccc(/C(O)=C2\C(=O)C(=O)N(c3ccc(NC(C)=O)cc3)C2c2ccc(OC)c(OC)c2)cc1. The maximum Gasteiger partial charge on any atom is 0.300 e. The van der Waals surface area contributed by atoms with Crippen molar-refractivity contribution in [2.75, 3.05) is 31.5 Å².